The molecule has 1 aliphatic rings. The molecule has 0 bridgehead atoms. The van der Waals surface area contributed by atoms with Crippen molar-refractivity contribution in [2.24, 2.45) is 0 Å². The zero-order chi connectivity index (χ0) is 17.4. The van der Waals surface area contributed by atoms with E-state index in [1.807, 2.05) is 48.5 Å². The van der Waals surface area contributed by atoms with Gasteiger partial charge in [-0.15, -0.1) is 0 Å². The number of nitrogens with zero attached hydrogens (tertiary/aromatic N) is 1. The molecule has 0 fully saturated rings. The summed E-state index contributed by atoms with van der Waals surface area (Å²) in [6, 6.07) is 17.5. The Hall–Kier alpha value is -2.86. The number of fused-ring (bicyclic) bond motifs is 2. The molecule has 0 saturated heterocycles. The quantitative estimate of drug-likeness (QED) is 0.599. The van der Waals surface area contributed by atoms with Gasteiger partial charge in [0.15, 0.2) is 0 Å². The van der Waals surface area contributed by atoms with Gasteiger partial charge >= 0.3 is 6.03 Å². The fourth-order valence-electron chi connectivity index (χ4n) is 2.69. The maximum atomic E-state index is 13.9. The van der Waals surface area contributed by atoms with Crippen LogP contribution in [0.3, 0.4) is 0 Å². The van der Waals surface area contributed by atoms with Crippen LogP contribution in [0.4, 0.5) is 30.6 Å². The van der Waals surface area contributed by atoms with Crippen molar-refractivity contribution in [3.05, 3.63) is 78.4 Å². The van der Waals surface area contributed by atoms with Gasteiger partial charge in [-0.25, -0.2) is 13.6 Å². The Bertz CT molecular complexity index is 932. The first-order chi connectivity index (χ1) is 12.1. The molecule has 1 N–H and O–H groups in total. The first-order valence-electron chi connectivity index (χ1n) is 7.55. The van der Waals surface area contributed by atoms with Gasteiger partial charge in [0.25, 0.3) is 0 Å². The molecule has 1 heterocycles. The summed E-state index contributed by atoms with van der Waals surface area (Å²) >= 11 is 1.57. The van der Waals surface area contributed by atoms with Gasteiger partial charge in [-0.3, -0.25) is 4.90 Å². The van der Waals surface area contributed by atoms with Crippen LogP contribution in [0.25, 0.3) is 0 Å². The highest BCUT2D eigenvalue weighted by Gasteiger charge is 2.28. The molecule has 0 aromatic heterocycles. The Kier molecular flexibility index (Phi) is 3.89. The van der Waals surface area contributed by atoms with Gasteiger partial charge < -0.3 is 5.32 Å². The predicted octanol–water partition coefficient (Wildman–Crippen LogP) is 5.80. The number of benzene rings is 3. The lowest BCUT2D eigenvalue weighted by molar-refractivity contribution is 0.258. The van der Waals surface area contributed by atoms with E-state index in [0.29, 0.717) is 11.4 Å². The first-order valence-corrected chi connectivity index (χ1v) is 8.37. The third-order valence-electron chi connectivity index (χ3n) is 3.81. The first kappa shape index (κ1) is 15.7. The molecule has 124 valence electrons. The maximum absolute atomic E-state index is 13.9. The maximum Gasteiger partial charge on any atom is 0.331 e. The fraction of sp³-hybridized carbons (Fsp3) is 0. The van der Waals surface area contributed by atoms with Crippen LogP contribution >= 0.6 is 11.8 Å². The Morgan fingerprint density at radius 1 is 0.880 bits per heavy atom. The van der Waals surface area contributed by atoms with Crippen LogP contribution in [-0.2, 0) is 0 Å². The molecule has 0 radical (unpaired) electrons. The summed E-state index contributed by atoms with van der Waals surface area (Å²) in [6.45, 7) is 0. The molecular weight excluding hydrogens is 342 g/mol. The lowest BCUT2D eigenvalue weighted by atomic mass is 10.2. The largest absolute Gasteiger partial charge is 0.331 e. The molecule has 2 amide bonds. The molecular formula is C19H12F2N2OS. The average Bonchev–Trinajstić information content (AvgIpc) is 2.62. The monoisotopic (exact) mass is 354 g/mol. The van der Waals surface area contributed by atoms with Crippen molar-refractivity contribution < 1.29 is 13.6 Å². The number of rotatable bonds is 1. The summed E-state index contributed by atoms with van der Waals surface area (Å²) in [5, 5.41) is 2.52. The highest BCUT2D eigenvalue weighted by molar-refractivity contribution is 7.99. The lowest BCUT2D eigenvalue weighted by Gasteiger charge is -2.31. The van der Waals surface area contributed by atoms with Crippen LogP contribution in [0.15, 0.2) is 76.5 Å². The number of hydrogen-bond acceptors (Lipinski definition) is 2. The van der Waals surface area contributed by atoms with Crippen LogP contribution < -0.4 is 10.2 Å². The fourth-order valence-corrected chi connectivity index (χ4v) is 3.74. The van der Waals surface area contributed by atoms with Crippen molar-refractivity contribution in [3.63, 3.8) is 0 Å². The Balaban J connectivity index is 1.75. The SMILES string of the molecule is O=C(Nc1ccc(F)cc1F)N1c2ccccc2Sc2ccccc21. The molecule has 4 rings (SSSR count). The number of carbonyl (C=O) groups is 1. The van der Waals surface area contributed by atoms with E-state index >= 15 is 0 Å². The summed E-state index contributed by atoms with van der Waals surface area (Å²) in [4.78, 5) is 16.2. The Labute approximate surface area is 147 Å². The van der Waals surface area contributed by atoms with Gasteiger partial charge in [-0.1, -0.05) is 36.0 Å². The minimum absolute atomic E-state index is 0.0698. The third kappa shape index (κ3) is 2.85. The van der Waals surface area contributed by atoms with Crippen LogP contribution in [0.5, 0.6) is 0 Å². The molecule has 0 aliphatic carbocycles. The zero-order valence-electron chi connectivity index (χ0n) is 12.9. The summed E-state index contributed by atoms with van der Waals surface area (Å²) < 4.78 is 27.0. The number of hydrogen-bond donors (Lipinski definition) is 1. The number of anilines is 3. The molecule has 0 spiro atoms. The van der Waals surface area contributed by atoms with E-state index in [4.69, 9.17) is 0 Å². The summed E-state index contributed by atoms with van der Waals surface area (Å²) in [7, 11) is 0. The molecule has 0 atom stereocenters. The van der Waals surface area contributed by atoms with E-state index < -0.39 is 17.7 Å². The van der Waals surface area contributed by atoms with Crippen molar-refractivity contribution in [2.75, 3.05) is 10.2 Å². The molecule has 0 saturated carbocycles. The molecule has 1 aliphatic heterocycles. The highest BCUT2D eigenvalue weighted by atomic mass is 32.2. The Morgan fingerprint density at radius 2 is 1.48 bits per heavy atom. The lowest BCUT2D eigenvalue weighted by Crippen LogP contribution is -2.33. The number of urea groups is 1. The van der Waals surface area contributed by atoms with E-state index in [-0.39, 0.29) is 5.69 Å². The van der Waals surface area contributed by atoms with Gasteiger partial charge in [0.05, 0.1) is 17.1 Å². The van der Waals surface area contributed by atoms with Gasteiger partial charge in [0, 0.05) is 15.9 Å². The molecule has 0 unspecified atom stereocenters. The normalized spacial score (nSPS) is 12.3. The van der Waals surface area contributed by atoms with Crippen molar-refractivity contribution in [2.45, 2.75) is 9.79 Å². The summed E-state index contributed by atoms with van der Waals surface area (Å²) in [5.74, 6) is -1.51. The summed E-state index contributed by atoms with van der Waals surface area (Å²) in [5.41, 5.74) is 1.36. The number of amides is 2. The smallest absolute Gasteiger partial charge is 0.304 e. The molecule has 3 nitrogen and oxygen atoms in total. The molecule has 3 aromatic rings. The van der Waals surface area contributed by atoms with Gasteiger partial charge in [0.1, 0.15) is 11.6 Å². The van der Waals surface area contributed by atoms with E-state index in [9.17, 15) is 13.6 Å². The topological polar surface area (TPSA) is 32.3 Å². The van der Waals surface area contributed by atoms with Gasteiger partial charge in [-0.2, -0.15) is 0 Å². The number of halogens is 2. The van der Waals surface area contributed by atoms with Crippen LogP contribution in [0.2, 0.25) is 0 Å². The number of nitrogens with one attached hydrogen (secondary N) is 1. The minimum atomic E-state index is -0.818. The zero-order valence-corrected chi connectivity index (χ0v) is 13.7. The number of carbonyl (C=O) groups excluding carboxylic acids is 1. The van der Waals surface area contributed by atoms with Crippen molar-refractivity contribution in [1.29, 1.82) is 0 Å². The second-order valence-corrected chi connectivity index (χ2v) is 6.51. The third-order valence-corrected chi connectivity index (χ3v) is 4.94. The number of para-hydroxylation sites is 2. The van der Waals surface area contributed by atoms with E-state index in [2.05, 4.69) is 5.32 Å². The minimum Gasteiger partial charge on any atom is -0.304 e. The van der Waals surface area contributed by atoms with Crippen LogP contribution in [-0.4, -0.2) is 6.03 Å². The van der Waals surface area contributed by atoms with Gasteiger partial charge in [0.2, 0.25) is 0 Å². The predicted molar refractivity (Wildman–Crippen MR) is 94.5 cm³/mol. The van der Waals surface area contributed by atoms with Crippen molar-refractivity contribution >= 4 is 34.9 Å². The van der Waals surface area contributed by atoms with E-state index in [1.54, 1.807) is 11.8 Å². The molecule has 3 aromatic carbocycles. The Morgan fingerprint density at radius 3 is 2.08 bits per heavy atom. The van der Waals surface area contributed by atoms with E-state index in [0.717, 1.165) is 21.9 Å². The van der Waals surface area contributed by atoms with Crippen LogP contribution in [0, 0.1) is 11.6 Å². The van der Waals surface area contributed by atoms with Crippen molar-refractivity contribution in [1.82, 2.24) is 0 Å². The van der Waals surface area contributed by atoms with Crippen molar-refractivity contribution in [3.8, 4) is 0 Å². The standard InChI is InChI=1S/C19H12F2N2OS/c20-12-9-10-14(13(21)11-12)22-19(24)23-15-5-1-3-7-17(15)25-18-8-4-2-6-16(18)23/h1-11H,(H,22,24). The van der Waals surface area contributed by atoms with Crippen LogP contribution in [0.1, 0.15) is 0 Å². The molecule has 6 heteroatoms. The van der Waals surface area contributed by atoms with E-state index in [1.165, 1.54) is 11.0 Å². The highest BCUT2D eigenvalue weighted by Crippen LogP contribution is 2.48. The van der Waals surface area contributed by atoms with Gasteiger partial charge in [-0.05, 0) is 36.4 Å². The molecule has 25 heavy (non-hydrogen) atoms. The summed E-state index contributed by atoms with van der Waals surface area (Å²) in [6.07, 6.45) is 0. The average molecular weight is 354 g/mol. The second kappa shape index (κ2) is 6.22. The second-order valence-electron chi connectivity index (χ2n) is 5.43.